The fourth-order valence-electron chi connectivity index (χ4n) is 20.6. The molecule has 30 heteroatoms. The highest BCUT2D eigenvalue weighted by Crippen LogP contribution is 2.56. The summed E-state index contributed by atoms with van der Waals surface area (Å²) in [5.74, 6) is 4.47. The molecule has 18 heterocycles. The molecule has 0 N–H and O–H groups in total. The average Bonchev–Trinajstić information content (AvgIpc) is 1.55. The molecule has 0 aromatic heterocycles. The summed E-state index contributed by atoms with van der Waals surface area (Å²) in [6.07, 6.45) is 14.0. The van der Waals surface area contributed by atoms with Crippen LogP contribution in [0.15, 0.2) is 60.7 Å². The van der Waals surface area contributed by atoms with E-state index in [1.54, 1.807) is 47.9 Å². The number of carbonyl (C=O) groups is 7. The Labute approximate surface area is 638 Å². The number of rotatable bonds is 12. The summed E-state index contributed by atoms with van der Waals surface area (Å²) in [6.45, 7) is 24.9. The van der Waals surface area contributed by atoms with Crippen molar-refractivity contribution < 1.29 is 104 Å². The Kier molecular flexibility index (Phi) is 22.1. The standard InChI is InChI=1S/C17H19NO5.C15H17NO3.C12H16N2O3.C12H19NO5S.C12H19NO3.C11H17NO3/c1-2-21-17(20)18-12-8-11(9-13(18)15-14(12)23-15)22-16(19)10-6-4-3-5-7-10;1-16-11-7-10(8-12(16)14-13(11)19-14)18-15(17)9-5-3-2-4-6-9;1-4-16-11(15)14-7-5-12(2,13-3)6-8(14)10-9(7)17-10;1-4-16-12(14)13-8-5-7(18-19(2,3)15)6-9(13)11-10(8)17-11;1-3-7-5-8-10-11(16-10)9(6-7)13(8)12(14)15-4-2;1-3-14-11(13)12-7-4-6(2)5-8(12)10-9(7)15-10/h3-7,11-15H,2,8-9H2,1H3;2-6,10-14H,7-8H2,1H3;7-10H,4-6H2,1-2H3;7-11H,2,4-6H2,1,3H3;7-11H,3-6H2,1-2H3;6-10H,3-5H2,1-2H3. The molecule has 2 aromatic carbocycles. The Morgan fingerprint density at radius 1 is 0.440 bits per heavy atom. The normalized spacial score (nSPS) is 41.5. The summed E-state index contributed by atoms with van der Waals surface area (Å²) in [5.41, 5.74) is 0.846. The summed E-state index contributed by atoms with van der Waals surface area (Å²) in [6, 6.07) is 20.1. The number of morpholine rings is 6. The van der Waals surface area contributed by atoms with Crippen molar-refractivity contribution in [2.24, 2.45) is 11.8 Å². The van der Waals surface area contributed by atoms with E-state index >= 15 is 0 Å². The zero-order chi connectivity index (χ0) is 76.8. The molecule has 18 saturated heterocycles. The number of fused-ring (bicyclic) bond motifs is 30. The summed E-state index contributed by atoms with van der Waals surface area (Å²) < 4.78 is 87.6. The van der Waals surface area contributed by atoms with Crippen LogP contribution in [-0.4, -0.2) is 298 Å². The van der Waals surface area contributed by atoms with E-state index in [4.69, 9.17) is 72.3 Å². The largest absolute Gasteiger partial charge is 0.459 e. The number of amides is 5. The van der Waals surface area contributed by atoms with E-state index in [1.165, 1.54) is 12.7 Å². The zero-order valence-corrected chi connectivity index (χ0v) is 64.8. The Morgan fingerprint density at radius 3 is 1.00 bits per heavy atom. The van der Waals surface area contributed by atoms with Crippen LogP contribution in [0.5, 0.6) is 0 Å². The van der Waals surface area contributed by atoms with Crippen molar-refractivity contribution >= 4 is 58.1 Å². The fourth-order valence-corrected chi connectivity index (χ4v) is 21.3. The van der Waals surface area contributed by atoms with Crippen molar-refractivity contribution in [2.75, 3.05) is 46.3 Å². The molecule has 109 heavy (non-hydrogen) atoms. The summed E-state index contributed by atoms with van der Waals surface area (Å²) in [7, 11) is -0.316. The second kappa shape index (κ2) is 31.1. The lowest BCUT2D eigenvalue weighted by atomic mass is 9.85. The highest BCUT2D eigenvalue weighted by Gasteiger charge is 2.72. The van der Waals surface area contributed by atoms with Gasteiger partial charge < -0.3 is 66.4 Å². The van der Waals surface area contributed by atoms with Gasteiger partial charge >= 0.3 is 42.4 Å². The molecule has 25 unspecified atom stereocenters. The van der Waals surface area contributed by atoms with Gasteiger partial charge in [0.05, 0.1) is 120 Å². The van der Waals surface area contributed by atoms with Gasteiger partial charge in [-0.3, -0.25) is 33.6 Å². The number of piperidine rings is 6. The number of hydrogen-bond donors (Lipinski definition) is 0. The molecule has 596 valence electrons. The van der Waals surface area contributed by atoms with Crippen molar-refractivity contribution in [3.8, 4) is 0 Å². The molecule has 25 atom stereocenters. The zero-order valence-electron chi connectivity index (χ0n) is 64.0. The van der Waals surface area contributed by atoms with Crippen molar-refractivity contribution in [2.45, 2.75) is 308 Å². The van der Waals surface area contributed by atoms with Crippen LogP contribution < -0.4 is 0 Å². The van der Waals surface area contributed by atoms with Crippen LogP contribution in [0.25, 0.3) is 4.85 Å². The molecule has 18 aliphatic rings. The van der Waals surface area contributed by atoms with Crippen LogP contribution in [0, 0.1) is 18.4 Å². The van der Waals surface area contributed by atoms with Gasteiger partial charge in [-0.15, -0.1) is 0 Å². The molecule has 12 bridgehead atoms. The van der Waals surface area contributed by atoms with Gasteiger partial charge in [0, 0.05) is 63.8 Å². The molecule has 18 aliphatic heterocycles. The van der Waals surface area contributed by atoms with Crippen LogP contribution in [0.2, 0.25) is 0 Å². The third-order valence-corrected chi connectivity index (χ3v) is 26.1. The summed E-state index contributed by atoms with van der Waals surface area (Å²) in [5, 5.41) is 0. The number of ether oxygens (including phenoxy) is 13. The van der Waals surface area contributed by atoms with Gasteiger partial charge in [-0.05, 0) is 122 Å². The molecule has 20 rings (SSSR count). The SMILES string of the molecule is C=S(C)(=O)OC1CC2C3OC3C(C1)N2C(=O)OCC.CCOC(=O)N1C2CC(C)CC1C1OC12.CCOC(=O)N1C2CC(CC)CC1C1OC12.CCOC(=O)N1C2CC(OC(=O)c3ccccc3)CC1C1OC12.CN1C2CC(OC(=O)c3ccccc3)CC1C1OC12.[C-]#[N+]C1(C)CC2C3OC3C(C1)N2C(=O)OCC. The predicted molar refractivity (Wildman–Crippen MR) is 390 cm³/mol. The average molecular weight is 1540 g/mol. The van der Waals surface area contributed by atoms with Crippen LogP contribution in [0.3, 0.4) is 0 Å². The first-order valence-corrected chi connectivity index (χ1v) is 41.8. The van der Waals surface area contributed by atoms with Gasteiger partial charge in [0.15, 0.2) is 0 Å². The molecule has 0 spiro atoms. The second-order valence-corrected chi connectivity index (χ2v) is 34.6. The monoisotopic (exact) mass is 1540 g/mol. The minimum Gasteiger partial charge on any atom is -0.459 e. The first-order valence-electron chi connectivity index (χ1n) is 39.7. The van der Waals surface area contributed by atoms with Crippen LogP contribution in [-0.2, 0) is 75.6 Å². The number of carbonyl (C=O) groups excluding carboxylic acids is 7. The highest BCUT2D eigenvalue weighted by molar-refractivity contribution is 7.95. The van der Waals surface area contributed by atoms with E-state index in [9.17, 15) is 37.8 Å². The van der Waals surface area contributed by atoms with E-state index in [2.05, 4.69) is 36.5 Å². The lowest BCUT2D eigenvalue weighted by molar-refractivity contribution is -0.0295. The number of esters is 2. The van der Waals surface area contributed by atoms with Crippen LogP contribution >= 0.6 is 0 Å². The fraction of sp³-hybridized carbons (Fsp3) is 0.734. The smallest absolute Gasteiger partial charge is 0.410 e. The number of epoxide rings is 6. The molecular formula is C79H107N7O22S. The van der Waals surface area contributed by atoms with Crippen LogP contribution in [0.1, 0.15) is 160 Å². The Hall–Kier alpha value is -7.08. The Balaban J connectivity index is 0.000000105. The highest BCUT2D eigenvalue weighted by atomic mass is 32.2. The second-order valence-electron chi connectivity index (χ2n) is 32.6. The molecule has 18 fully saturated rings. The number of hydrogen-bond acceptors (Lipinski definition) is 23. The molecule has 2 aromatic rings. The minimum absolute atomic E-state index is 0.0189. The number of nitrogens with zero attached hydrogens (tertiary/aromatic N) is 7. The van der Waals surface area contributed by atoms with Gasteiger partial charge in [-0.25, -0.2) is 44.3 Å². The summed E-state index contributed by atoms with van der Waals surface area (Å²) in [4.78, 5) is 99.3. The van der Waals surface area contributed by atoms with E-state index < -0.39 is 9.80 Å². The van der Waals surface area contributed by atoms with Gasteiger partial charge in [0.2, 0.25) is 5.54 Å². The molecule has 0 aliphatic carbocycles. The number of benzene rings is 2. The molecule has 29 nitrogen and oxygen atoms in total. The maximum absolute atomic E-state index is 12.2. The van der Waals surface area contributed by atoms with Crippen molar-refractivity contribution in [3.63, 3.8) is 0 Å². The van der Waals surface area contributed by atoms with E-state index in [0.29, 0.717) is 137 Å². The van der Waals surface area contributed by atoms with E-state index in [-0.39, 0.29) is 163 Å². The van der Waals surface area contributed by atoms with Crippen molar-refractivity contribution in [3.05, 3.63) is 83.2 Å². The van der Waals surface area contributed by atoms with Gasteiger partial charge in [-0.2, -0.15) is 0 Å². The maximum atomic E-state index is 12.2. The lowest BCUT2D eigenvalue weighted by Crippen LogP contribution is -2.54. The maximum Gasteiger partial charge on any atom is 0.410 e. The predicted octanol–water partition coefficient (Wildman–Crippen LogP) is 8.45. The number of likely N-dealkylation sites (N-methyl/N-ethyl adjacent to an activating group) is 1. The first kappa shape index (κ1) is 77.2. The first-order chi connectivity index (χ1) is 52.4. The third-order valence-electron chi connectivity index (χ3n) is 25.4. The van der Waals surface area contributed by atoms with E-state index in [0.717, 1.165) is 44.4 Å². The van der Waals surface area contributed by atoms with Crippen LogP contribution in [0.4, 0.5) is 24.0 Å². The lowest BCUT2D eigenvalue weighted by Gasteiger charge is -2.39. The molecule has 0 saturated carbocycles. The molecular weight excluding hydrogens is 1430 g/mol. The third kappa shape index (κ3) is 15.6. The molecule has 5 amide bonds. The Bertz CT molecular complexity index is 3750. The topological polar surface area (TPSA) is 309 Å². The Morgan fingerprint density at radius 2 is 0.706 bits per heavy atom. The van der Waals surface area contributed by atoms with Gasteiger partial charge in [0.25, 0.3) is 0 Å². The van der Waals surface area contributed by atoms with Crippen molar-refractivity contribution in [1.29, 1.82) is 0 Å². The molecule has 0 radical (unpaired) electrons. The minimum atomic E-state index is -2.47. The van der Waals surface area contributed by atoms with Gasteiger partial charge in [0.1, 0.15) is 85.5 Å². The quantitative estimate of drug-likeness (QED) is 0.0632. The van der Waals surface area contributed by atoms with Gasteiger partial charge in [-0.1, -0.05) is 56.7 Å². The van der Waals surface area contributed by atoms with E-state index in [1.807, 2.05) is 78.8 Å². The summed E-state index contributed by atoms with van der Waals surface area (Å²) >= 11 is 0. The van der Waals surface area contributed by atoms with Crippen molar-refractivity contribution in [1.82, 2.24) is 29.4 Å².